The quantitative estimate of drug-likeness (QED) is 0.397. The molecule has 2 fully saturated rings. The molecule has 1 saturated carbocycles. The van der Waals surface area contributed by atoms with Gasteiger partial charge in [-0.05, 0) is 82.5 Å². The number of alkyl halides is 3. The molecule has 1 unspecified atom stereocenters. The Kier molecular flexibility index (Phi) is 7.60. The van der Waals surface area contributed by atoms with Gasteiger partial charge in [0.05, 0.1) is 21.6 Å². The van der Waals surface area contributed by atoms with Crippen LogP contribution in [0.2, 0.25) is 0 Å². The SMILES string of the molecule is Cc1nn(C)cc1SNC(=O)c1ccc(N2C=CC(OCCC3(C(F)(F)F)CC3)N2)nc1N1C[C@@H](C)CC1(C)C. The number of anilines is 2. The van der Waals surface area contributed by atoms with Crippen molar-refractivity contribution in [3.63, 3.8) is 0 Å². The molecule has 3 aliphatic rings. The molecule has 0 aromatic carbocycles. The van der Waals surface area contributed by atoms with E-state index in [1.165, 1.54) is 11.9 Å². The van der Waals surface area contributed by atoms with Crippen LogP contribution in [0.5, 0.6) is 0 Å². The monoisotopic (exact) mass is 579 g/mol. The molecule has 2 aromatic rings. The smallest absolute Gasteiger partial charge is 0.358 e. The molecular formula is C27H36F3N7O2S. The van der Waals surface area contributed by atoms with E-state index in [0.717, 1.165) is 23.6 Å². The minimum atomic E-state index is -4.19. The third kappa shape index (κ3) is 5.82. The number of amides is 1. The zero-order valence-electron chi connectivity index (χ0n) is 23.4. The molecule has 0 spiro atoms. The highest BCUT2D eigenvalue weighted by molar-refractivity contribution is 7.98. The summed E-state index contributed by atoms with van der Waals surface area (Å²) in [7, 11) is 1.83. The van der Waals surface area contributed by atoms with Crippen molar-refractivity contribution >= 4 is 29.5 Å². The van der Waals surface area contributed by atoms with Crippen LogP contribution in [-0.2, 0) is 11.8 Å². The van der Waals surface area contributed by atoms with Crippen LogP contribution in [0.1, 0.15) is 62.5 Å². The summed E-state index contributed by atoms with van der Waals surface area (Å²) >= 11 is 1.22. The minimum Gasteiger partial charge on any atom is -0.358 e. The van der Waals surface area contributed by atoms with Gasteiger partial charge in [-0.1, -0.05) is 6.92 Å². The second kappa shape index (κ2) is 10.6. The normalized spacial score (nSPS) is 23.2. The van der Waals surface area contributed by atoms with Crippen molar-refractivity contribution in [1.82, 2.24) is 24.9 Å². The van der Waals surface area contributed by atoms with E-state index < -0.39 is 17.8 Å². The summed E-state index contributed by atoms with van der Waals surface area (Å²) in [6, 6.07) is 3.50. The number of hydrogen-bond donors (Lipinski definition) is 2. The lowest BCUT2D eigenvalue weighted by Gasteiger charge is -2.34. The van der Waals surface area contributed by atoms with Crippen molar-refractivity contribution < 1.29 is 22.7 Å². The summed E-state index contributed by atoms with van der Waals surface area (Å²) in [5.74, 6) is 1.29. The average molecular weight is 580 g/mol. The molecule has 1 amide bonds. The van der Waals surface area contributed by atoms with Crippen molar-refractivity contribution in [2.75, 3.05) is 23.1 Å². The van der Waals surface area contributed by atoms with Crippen molar-refractivity contribution in [1.29, 1.82) is 0 Å². The van der Waals surface area contributed by atoms with Crippen LogP contribution < -0.4 is 20.1 Å². The molecule has 2 atom stereocenters. The Morgan fingerprint density at radius 3 is 2.65 bits per heavy atom. The van der Waals surface area contributed by atoms with Gasteiger partial charge in [-0.3, -0.25) is 19.2 Å². The van der Waals surface area contributed by atoms with Crippen molar-refractivity contribution in [3.8, 4) is 0 Å². The number of pyridine rings is 1. The predicted molar refractivity (Wildman–Crippen MR) is 148 cm³/mol. The summed E-state index contributed by atoms with van der Waals surface area (Å²) in [5, 5.41) is 5.99. The first-order valence-corrected chi connectivity index (χ1v) is 14.3. The van der Waals surface area contributed by atoms with E-state index in [9.17, 15) is 18.0 Å². The lowest BCUT2D eigenvalue weighted by Crippen LogP contribution is -2.41. The topological polar surface area (TPSA) is 87.5 Å². The number of carbonyl (C=O) groups is 1. The fourth-order valence-corrected chi connectivity index (χ4v) is 6.29. The molecule has 0 bridgehead atoms. The molecule has 2 N–H and O–H groups in total. The number of hydrazine groups is 1. The highest BCUT2D eigenvalue weighted by atomic mass is 32.2. The van der Waals surface area contributed by atoms with Crippen LogP contribution >= 0.6 is 11.9 Å². The Morgan fingerprint density at radius 2 is 2.05 bits per heavy atom. The minimum absolute atomic E-state index is 0.00107. The van der Waals surface area contributed by atoms with Gasteiger partial charge in [-0.2, -0.15) is 23.7 Å². The molecule has 4 heterocycles. The summed E-state index contributed by atoms with van der Waals surface area (Å²) in [5.41, 5.74) is 2.62. The highest BCUT2D eigenvalue weighted by Gasteiger charge is 2.62. The van der Waals surface area contributed by atoms with Gasteiger partial charge in [0.25, 0.3) is 5.91 Å². The van der Waals surface area contributed by atoms with Gasteiger partial charge in [-0.25, -0.2) is 4.98 Å². The van der Waals surface area contributed by atoms with Gasteiger partial charge < -0.3 is 9.64 Å². The van der Waals surface area contributed by atoms with E-state index in [1.54, 1.807) is 34.1 Å². The largest absolute Gasteiger partial charge is 0.394 e. The molecule has 2 aliphatic heterocycles. The van der Waals surface area contributed by atoms with Gasteiger partial charge in [0, 0.05) is 38.1 Å². The van der Waals surface area contributed by atoms with Crippen LogP contribution in [0, 0.1) is 18.3 Å². The number of aryl methyl sites for hydroxylation is 2. The Labute approximate surface area is 236 Å². The first-order chi connectivity index (χ1) is 18.8. The average Bonchev–Trinajstić information content (AvgIpc) is 3.27. The predicted octanol–water partition coefficient (Wildman–Crippen LogP) is 5.10. The molecule has 9 nitrogen and oxygen atoms in total. The number of carbonyl (C=O) groups excluding carboxylic acids is 1. The molecule has 2 aromatic heterocycles. The number of hydrogen-bond acceptors (Lipinski definition) is 8. The second-order valence-electron chi connectivity index (χ2n) is 11.7. The Hall–Kier alpha value is -2.77. The van der Waals surface area contributed by atoms with Crippen LogP contribution in [-0.4, -0.2) is 51.8 Å². The van der Waals surface area contributed by atoms with E-state index in [4.69, 9.17) is 9.72 Å². The standard InChI is InChI=1S/C27H36F3N7O2S/c1-17-14-25(3,4)36(15-17)23-19(24(38)34-40-20-16-35(5)32-18(20)2)6-7-21(31-23)37-12-8-22(33-37)39-13-11-26(9-10-26)27(28,29)30/h6-8,12,16-17,22,33H,9-11,13-15H2,1-5H3,(H,34,38)/t17-,22?/m0/s1. The third-order valence-corrected chi connectivity index (χ3v) is 8.82. The van der Waals surface area contributed by atoms with E-state index in [2.05, 4.69) is 40.9 Å². The highest BCUT2D eigenvalue weighted by Crippen LogP contribution is 2.59. The number of nitrogens with zero attached hydrogens (tertiary/aromatic N) is 5. The Balaban J connectivity index is 1.30. The number of aromatic nitrogens is 3. The molecule has 218 valence electrons. The maximum atomic E-state index is 13.4. The van der Waals surface area contributed by atoms with Crippen molar-refractivity contribution in [2.45, 2.75) is 76.2 Å². The van der Waals surface area contributed by atoms with E-state index in [1.807, 2.05) is 20.2 Å². The lowest BCUT2D eigenvalue weighted by molar-refractivity contribution is -0.192. The van der Waals surface area contributed by atoms with Crippen LogP contribution in [0.4, 0.5) is 24.8 Å². The number of halogens is 3. The van der Waals surface area contributed by atoms with Crippen LogP contribution in [0.25, 0.3) is 0 Å². The number of rotatable bonds is 9. The van der Waals surface area contributed by atoms with Gasteiger partial charge in [-0.15, -0.1) is 0 Å². The van der Waals surface area contributed by atoms with E-state index in [0.29, 0.717) is 23.1 Å². The zero-order valence-corrected chi connectivity index (χ0v) is 24.2. The van der Waals surface area contributed by atoms with Gasteiger partial charge >= 0.3 is 6.18 Å². The summed E-state index contributed by atoms with van der Waals surface area (Å²) in [6.45, 7) is 9.12. The fourth-order valence-electron chi connectivity index (χ4n) is 5.58. The van der Waals surface area contributed by atoms with E-state index in [-0.39, 0.29) is 37.3 Å². The molecule has 13 heteroatoms. The molecule has 40 heavy (non-hydrogen) atoms. The van der Waals surface area contributed by atoms with Gasteiger partial charge in [0.1, 0.15) is 17.9 Å². The summed E-state index contributed by atoms with van der Waals surface area (Å²) in [4.78, 5) is 21.3. The van der Waals surface area contributed by atoms with Crippen molar-refractivity contribution in [3.05, 3.63) is 41.9 Å². The first-order valence-electron chi connectivity index (χ1n) is 13.5. The van der Waals surface area contributed by atoms with E-state index >= 15 is 0 Å². The maximum Gasteiger partial charge on any atom is 0.394 e. The van der Waals surface area contributed by atoms with Crippen molar-refractivity contribution in [2.24, 2.45) is 18.4 Å². The zero-order chi connectivity index (χ0) is 28.9. The molecule has 0 radical (unpaired) electrons. The lowest BCUT2D eigenvalue weighted by atomic mass is 9.97. The first kappa shape index (κ1) is 28.7. The Bertz CT molecular complexity index is 1290. The van der Waals surface area contributed by atoms with Crippen LogP contribution in [0.3, 0.4) is 0 Å². The fraction of sp³-hybridized carbons (Fsp3) is 0.593. The molecule has 1 saturated heterocycles. The molecule has 1 aliphatic carbocycles. The van der Waals surface area contributed by atoms with Gasteiger partial charge in [0.15, 0.2) is 0 Å². The maximum absolute atomic E-state index is 13.4. The second-order valence-corrected chi connectivity index (χ2v) is 12.6. The third-order valence-electron chi connectivity index (χ3n) is 7.91. The molecule has 5 rings (SSSR count). The molecular weight excluding hydrogens is 543 g/mol. The number of nitrogens with one attached hydrogen (secondary N) is 2. The Morgan fingerprint density at radius 1 is 1.30 bits per heavy atom. The summed E-state index contributed by atoms with van der Waals surface area (Å²) < 4.78 is 50.0. The number of ether oxygens (including phenoxy) is 1. The summed E-state index contributed by atoms with van der Waals surface area (Å²) in [6.07, 6.45) is 1.82. The van der Waals surface area contributed by atoms with Crippen LogP contribution in [0.15, 0.2) is 35.5 Å². The van der Waals surface area contributed by atoms with Gasteiger partial charge in [0.2, 0.25) is 0 Å².